The number of rotatable bonds is 3. The van der Waals surface area contributed by atoms with Gasteiger partial charge in [-0.15, -0.1) is 0 Å². The summed E-state index contributed by atoms with van der Waals surface area (Å²) < 4.78 is 0. The third kappa shape index (κ3) is 2.16. The van der Waals surface area contributed by atoms with Gasteiger partial charge in [0.2, 0.25) is 5.91 Å². The number of benzene rings is 1. The summed E-state index contributed by atoms with van der Waals surface area (Å²) in [5.41, 5.74) is 8.11. The molecule has 1 aliphatic heterocycles. The topological polar surface area (TPSA) is 83.6 Å². The van der Waals surface area contributed by atoms with Gasteiger partial charge < -0.3 is 15.7 Å². The van der Waals surface area contributed by atoms with Gasteiger partial charge in [-0.3, -0.25) is 9.59 Å². The number of aryl methyl sites for hydroxylation is 1. The van der Waals surface area contributed by atoms with Gasteiger partial charge in [0, 0.05) is 24.3 Å². The molecule has 1 saturated heterocycles. The van der Waals surface area contributed by atoms with Crippen molar-refractivity contribution in [3.63, 3.8) is 0 Å². The number of nitrogens with zero attached hydrogens (tertiary/aromatic N) is 1. The Bertz CT molecular complexity index is 499. The maximum Gasteiger partial charge on any atom is 0.308 e. The van der Waals surface area contributed by atoms with Crippen LogP contribution >= 0.6 is 0 Å². The van der Waals surface area contributed by atoms with E-state index in [1.165, 1.54) is 0 Å². The van der Waals surface area contributed by atoms with Gasteiger partial charge in [-0.1, -0.05) is 6.92 Å². The molecule has 0 aromatic heterocycles. The maximum absolute atomic E-state index is 11.9. The first-order chi connectivity index (χ1) is 8.52. The summed E-state index contributed by atoms with van der Waals surface area (Å²) in [7, 11) is 0. The maximum atomic E-state index is 11.9. The summed E-state index contributed by atoms with van der Waals surface area (Å²) in [6.07, 6.45) is 0.824. The van der Waals surface area contributed by atoms with E-state index in [2.05, 4.69) is 0 Å². The van der Waals surface area contributed by atoms with Crippen LogP contribution in [0.15, 0.2) is 18.2 Å². The quantitative estimate of drug-likeness (QED) is 0.789. The van der Waals surface area contributed by atoms with E-state index in [1.54, 1.807) is 17.0 Å². The normalized spacial score (nSPS) is 19.3. The lowest BCUT2D eigenvalue weighted by Gasteiger charge is -2.20. The highest BCUT2D eigenvalue weighted by Crippen LogP contribution is 2.29. The zero-order valence-electron chi connectivity index (χ0n) is 10.2. The molecule has 3 N–H and O–H groups in total. The molecule has 1 amide bonds. The summed E-state index contributed by atoms with van der Waals surface area (Å²) >= 11 is 0. The summed E-state index contributed by atoms with van der Waals surface area (Å²) in [6.45, 7) is 2.22. The molecule has 18 heavy (non-hydrogen) atoms. The van der Waals surface area contributed by atoms with Gasteiger partial charge in [-0.25, -0.2) is 0 Å². The van der Waals surface area contributed by atoms with Crippen molar-refractivity contribution in [2.75, 3.05) is 17.2 Å². The monoisotopic (exact) mass is 248 g/mol. The SMILES string of the molecule is CCc1cc(N)ccc1N1C[C@@H](C(=O)O)CC1=O. The molecule has 1 aromatic carbocycles. The van der Waals surface area contributed by atoms with Gasteiger partial charge in [-0.05, 0) is 30.2 Å². The lowest BCUT2D eigenvalue weighted by molar-refractivity contribution is -0.141. The van der Waals surface area contributed by atoms with Crippen molar-refractivity contribution >= 4 is 23.3 Å². The lowest BCUT2D eigenvalue weighted by Crippen LogP contribution is -2.26. The fourth-order valence-corrected chi connectivity index (χ4v) is 2.26. The van der Waals surface area contributed by atoms with Crippen molar-refractivity contribution in [3.8, 4) is 0 Å². The number of carboxylic acid groups (broad SMARTS) is 1. The second-order valence-corrected chi connectivity index (χ2v) is 4.49. The van der Waals surface area contributed by atoms with Crippen LogP contribution in [0.1, 0.15) is 18.9 Å². The van der Waals surface area contributed by atoms with E-state index in [9.17, 15) is 9.59 Å². The third-order valence-electron chi connectivity index (χ3n) is 3.25. The number of hydrogen-bond donors (Lipinski definition) is 2. The number of aliphatic carboxylic acids is 1. The molecule has 0 spiro atoms. The first-order valence-electron chi connectivity index (χ1n) is 5.94. The molecule has 1 aliphatic rings. The molecule has 2 rings (SSSR count). The molecule has 5 heteroatoms. The van der Waals surface area contributed by atoms with Crippen LogP contribution in [0.25, 0.3) is 0 Å². The number of anilines is 2. The number of nitrogen functional groups attached to an aromatic ring is 1. The first-order valence-corrected chi connectivity index (χ1v) is 5.94. The summed E-state index contributed by atoms with van der Waals surface area (Å²) in [5, 5.41) is 8.97. The molecule has 1 aromatic rings. The van der Waals surface area contributed by atoms with E-state index >= 15 is 0 Å². The second-order valence-electron chi connectivity index (χ2n) is 4.49. The van der Waals surface area contributed by atoms with Crippen molar-refractivity contribution in [2.24, 2.45) is 5.92 Å². The molecule has 0 unspecified atom stereocenters. The molecule has 0 aliphatic carbocycles. The Morgan fingerprint density at radius 3 is 2.83 bits per heavy atom. The number of hydrogen-bond acceptors (Lipinski definition) is 3. The molecule has 1 atom stereocenters. The largest absolute Gasteiger partial charge is 0.481 e. The minimum absolute atomic E-state index is 0.0723. The van der Waals surface area contributed by atoms with Crippen LogP contribution in [0.2, 0.25) is 0 Å². The van der Waals surface area contributed by atoms with Crippen LogP contribution in [0.3, 0.4) is 0 Å². The van der Waals surface area contributed by atoms with Crippen LogP contribution in [0, 0.1) is 5.92 Å². The second kappa shape index (κ2) is 4.68. The molecule has 5 nitrogen and oxygen atoms in total. The molecule has 0 saturated carbocycles. The van der Waals surface area contributed by atoms with Crippen molar-refractivity contribution in [2.45, 2.75) is 19.8 Å². The average Bonchev–Trinajstić information content (AvgIpc) is 2.71. The Balaban J connectivity index is 2.32. The van der Waals surface area contributed by atoms with Crippen molar-refractivity contribution < 1.29 is 14.7 Å². The molecule has 96 valence electrons. The smallest absolute Gasteiger partial charge is 0.308 e. The fraction of sp³-hybridized carbons (Fsp3) is 0.385. The van der Waals surface area contributed by atoms with Crippen molar-refractivity contribution in [1.29, 1.82) is 0 Å². The summed E-state index contributed by atoms with van der Waals surface area (Å²) in [4.78, 5) is 24.4. The summed E-state index contributed by atoms with van der Waals surface area (Å²) in [6, 6.07) is 5.35. The molecule has 1 fully saturated rings. The highest BCUT2D eigenvalue weighted by Gasteiger charge is 2.35. The van der Waals surface area contributed by atoms with Gasteiger partial charge in [-0.2, -0.15) is 0 Å². The van der Waals surface area contributed by atoms with Gasteiger partial charge in [0.15, 0.2) is 0 Å². The summed E-state index contributed by atoms with van der Waals surface area (Å²) in [5.74, 6) is -1.67. The van der Waals surface area contributed by atoms with Gasteiger partial charge >= 0.3 is 5.97 Å². The minimum atomic E-state index is -0.917. The number of amides is 1. The molecular formula is C13H16N2O3. The van der Waals surface area contributed by atoms with Crippen LogP contribution < -0.4 is 10.6 Å². The molecule has 0 bridgehead atoms. The first kappa shape index (κ1) is 12.4. The zero-order valence-corrected chi connectivity index (χ0v) is 10.2. The number of carbonyl (C=O) groups is 2. The molecular weight excluding hydrogens is 232 g/mol. The minimum Gasteiger partial charge on any atom is -0.481 e. The Morgan fingerprint density at radius 2 is 2.28 bits per heavy atom. The zero-order chi connectivity index (χ0) is 13.3. The van der Waals surface area contributed by atoms with Crippen molar-refractivity contribution in [1.82, 2.24) is 0 Å². The molecule has 0 radical (unpaired) electrons. The fourth-order valence-electron chi connectivity index (χ4n) is 2.26. The van der Waals surface area contributed by atoms with Gasteiger partial charge in [0.1, 0.15) is 0 Å². The van der Waals surface area contributed by atoms with Crippen LogP contribution in [-0.4, -0.2) is 23.5 Å². The average molecular weight is 248 g/mol. The lowest BCUT2D eigenvalue weighted by atomic mass is 10.1. The van der Waals surface area contributed by atoms with E-state index in [-0.39, 0.29) is 18.9 Å². The number of nitrogens with two attached hydrogens (primary N) is 1. The van der Waals surface area contributed by atoms with Gasteiger partial charge in [0.25, 0.3) is 0 Å². The van der Waals surface area contributed by atoms with Crippen molar-refractivity contribution in [3.05, 3.63) is 23.8 Å². The van der Waals surface area contributed by atoms with Gasteiger partial charge in [0.05, 0.1) is 5.92 Å². The predicted molar refractivity (Wildman–Crippen MR) is 68.3 cm³/mol. The standard InChI is InChI=1S/C13H16N2O3/c1-2-8-5-10(14)3-4-11(8)15-7-9(13(17)18)6-12(15)16/h3-5,9H,2,6-7,14H2,1H3,(H,17,18)/t9-/m0/s1. The highest BCUT2D eigenvalue weighted by molar-refractivity contribution is 5.99. The Labute approximate surface area is 105 Å². The van der Waals surface area contributed by atoms with Crippen LogP contribution in [-0.2, 0) is 16.0 Å². The predicted octanol–water partition coefficient (Wildman–Crippen LogP) is 1.27. The van der Waals surface area contributed by atoms with E-state index in [1.807, 2.05) is 13.0 Å². The number of carbonyl (C=O) groups excluding carboxylic acids is 1. The third-order valence-corrected chi connectivity index (χ3v) is 3.25. The molecule has 1 heterocycles. The van der Waals surface area contributed by atoms with E-state index in [4.69, 9.17) is 10.8 Å². The van der Waals surface area contributed by atoms with E-state index < -0.39 is 11.9 Å². The van der Waals surface area contributed by atoms with E-state index in [0.717, 1.165) is 17.7 Å². The highest BCUT2D eigenvalue weighted by atomic mass is 16.4. The Morgan fingerprint density at radius 1 is 1.56 bits per heavy atom. The van der Waals surface area contributed by atoms with E-state index in [0.29, 0.717) is 5.69 Å². The number of carboxylic acids is 1. The Hall–Kier alpha value is -2.04. The van der Waals surface area contributed by atoms with Crippen LogP contribution in [0.5, 0.6) is 0 Å². The van der Waals surface area contributed by atoms with Crippen LogP contribution in [0.4, 0.5) is 11.4 Å². The Kier molecular flexibility index (Phi) is 3.23.